The molecular weight excluding hydrogens is 362 g/mol. The number of aryl methyl sites for hydroxylation is 1. The molecule has 0 unspecified atom stereocenters. The highest BCUT2D eigenvalue weighted by molar-refractivity contribution is 9.10. The van der Waals surface area contributed by atoms with Crippen LogP contribution in [0.1, 0.15) is 36.8 Å². The molecule has 0 aliphatic carbocycles. The van der Waals surface area contributed by atoms with Crippen molar-refractivity contribution in [2.24, 2.45) is 5.92 Å². The van der Waals surface area contributed by atoms with Crippen molar-refractivity contribution in [3.05, 3.63) is 64.1 Å². The number of ether oxygens (including phenoxy) is 1. The molecule has 1 saturated heterocycles. The minimum absolute atomic E-state index is 0.594. The number of nitrogens with one attached hydrogen (secondary N) is 1. The van der Waals surface area contributed by atoms with Gasteiger partial charge in [0.15, 0.2) is 0 Å². The molecule has 1 N–H and O–H groups in total. The van der Waals surface area contributed by atoms with Crippen LogP contribution in [0.5, 0.6) is 5.75 Å². The molecule has 2 aromatic carbocycles. The van der Waals surface area contributed by atoms with Crippen molar-refractivity contribution in [3.63, 3.8) is 0 Å². The third kappa shape index (κ3) is 5.35. The lowest BCUT2D eigenvalue weighted by Crippen LogP contribution is -2.27. The van der Waals surface area contributed by atoms with Crippen LogP contribution in [0.4, 0.5) is 0 Å². The molecule has 0 atom stereocenters. The topological polar surface area (TPSA) is 21.3 Å². The number of benzene rings is 2. The van der Waals surface area contributed by atoms with Crippen LogP contribution in [0.2, 0.25) is 0 Å². The smallest absolute Gasteiger partial charge is 0.119 e. The van der Waals surface area contributed by atoms with Gasteiger partial charge >= 0.3 is 0 Å². The fourth-order valence-electron chi connectivity index (χ4n) is 3.29. The molecule has 2 aromatic rings. The van der Waals surface area contributed by atoms with Crippen molar-refractivity contribution in [1.82, 2.24) is 5.32 Å². The zero-order valence-electron chi connectivity index (χ0n) is 14.1. The Labute approximate surface area is 153 Å². The van der Waals surface area contributed by atoms with E-state index < -0.39 is 0 Å². The highest BCUT2D eigenvalue weighted by atomic mass is 79.9. The fraction of sp³-hybridized carbons (Fsp3) is 0.429. The van der Waals surface area contributed by atoms with Gasteiger partial charge in [0.05, 0.1) is 0 Å². The lowest BCUT2D eigenvalue weighted by molar-refractivity contribution is 0.305. The van der Waals surface area contributed by atoms with Crippen molar-refractivity contribution < 1.29 is 4.74 Å². The van der Waals surface area contributed by atoms with Crippen LogP contribution in [0, 0.1) is 5.92 Å². The first-order valence-corrected chi connectivity index (χ1v) is 9.76. The summed E-state index contributed by atoms with van der Waals surface area (Å²) in [7, 11) is 0. The molecule has 3 heteroatoms. The molecule has 0 aromatic heterocycles. The van der Waals surface area contributed by atoms with E-state index in [-0.39, 0.29) is 0 Å². The molecule has 1 fully saturated rings. The number of piperidine rings is 1. The molecule has 1 heterocycles. The van der Waals surface area contributed by atoms with Gasteiger partial charge in [-0.3, -0.25) is 0 Å². The fourth-order valence-corrected chi connectivity index (χ4v) is 3.69. The van der Waals surface area contributed by atoms with Crippen LogP contribution in [0.25, 0.3) is 0 Å². The number of halogens is 1. The van der Waals surface area contributed by atoms with Crippen molar-refractivity contribution in [1.29, 1.82) is 0 Å². The molecule has 128 valence electrons. The first kappa shape index (κ1) is 17.5. The van der Waals surface area contributed by atoms with Gasteiger partial charge in [0, 0.05) is 10.0 Å². The largest absolute Gasteiger partial charge is 0.489 e. The average molecular weight is 388 g/mol. The maximum atomic E-state index is 5.89. The van der Waals surface area contributed by atoms with Gasteiger partial charge in [0.2, 0.25) is 0 Å². The van der Waals surface area contributed by atoms with E-state index in [1.807, 2.05) is 18.2 Å². The summed E-state index contributed by atoms with van der Waals surface area (Å²) >= 11 is 3.56. The Morgan fingerprint density at radius 2 is 1.75 bits per heavy atom. The van der Waals surface area contributed by atoms with Gasteiger partial charge in [-0.15, -0.1) is 0 Å². The zero-order chi connectivity index (χ0) is 16.6. The second-order valence-corrected chi connectivity index (χ2v) is 7.46. The van der Waals surface area contributed by atoms with E-state index in [1.165, 1.54) is 56.3 Å². The van der Waals surface area contributed by atoms with E-state index in [0.29, 0.717) is 6.61 Å². The summed E-state index contributed by atoms with van der Waals surface area (Å²) in [6.45, 7) is 3.00. The van der Waals surface area contributed by atoms with Crippen LogP contribution in [0.3, 0.4) is 0 Å². The predicted octanol–water partition coefficient (Wildman–Crippen LogP) is 5.35. The van der Waals surface area contributed by atoms with Crippen molar-refractivity contribution in [2.75, 3.05) is 13.1 Å². The second kappa shape index (κ2) is 9.24. The normalized spacial score (nSPS) is 15.4. The van der Waals surface area contributed by atoms with Crippen LogP contribution >= 0.6 is 15.9 Å². The highest BCUT2D eigenvalue weighted by Crippen LogP contribution is 2.22. The van der Waals surface area contributed by atoms with Crippen LogP contribution < -0.4 is 10.1 Å². The Kier molecular flexibility index (Phi) is 6.74. The van der Waals surface area contributed by atoms with E-state index in [4.69, 9.17) is 4.74 Å². The van der Waals surface area contributed by atoms with Gasteiger partial charge in [0.25, 0.3) is 0 Å². The molecule has 0 spiro atoms. The van der Waals surface area contributed by atoms with E-state index >= 15 is 0 Å². The Bertz CT molecular complexity index is 620. The first-order chi connectivity index (χ1) is 11.8. The summed E-state index contributed by atoms with van der Waals surface area (Å²) in [6.07, 6.45) is 6.53. The zero-order valence-corrected chi connectivity index (χ0v) is 15.7. The Morgan fingerprint density at radius 1 is 1.00 bits per heavy atom. The molecule has 0 amide bonds. The molecule has 24 heavy (non-hydrogen) atoms. The molecule has 0 saturated carbocycles. The third-order valence-electron chi connectivity index (χ3n) is 4.81. The lowest BCUT2D eigenvalue weighted by atomic mass is 9.91. The SMILES string of the molecule is Brc1ccccc1COc1ccc(CCCC2CCNCC2)cc1. The Hall–Kier alpha value is -1.32. The molecule has 0 bridgehead atoms. The first-order valence-electron chi connectivity index (χ1n) is 8.97. The van der Waals surface area contributed by atoms with E-state index in [9.17, 15) is 0 Å². The standard InChI is InChI=1S/C21H26BrNO/c22-21-7-2-1-6-19(21)16-24-20-10-8-17(9-11-20)4-3-5-18-12-14-23-15-13-18/h1-2,6-11,18,23H,3-5,12-16H2. The van der Waals surface area contributed by atoms with Gasteiger partial charge in [0.1, 0.15) is 12.4 Å². The van der Waals surface area contributed by atoms with Crippen molar-refractivity contribution in [3.8, 4) is 5.75 Å². The highest BCUT2D eigenvalue weighted by Gasteiger charge is 2.12. The maximum absolute atomic E-state index is 5.89. The minimum Gasteiger partial charge on any atom is -0.489 e. The summed E-state index contributed by atoms with van der Waals surface area (Å²) in [6, 6.07) is 16.8. The second-order valence-electron chi connectivity index (χ2n) is 6.61. The Morgan fingerprint density at radius 3 is 2.50 bits per heavy atom. The van der Waals surface area contributed by atoms with Gasteiger partial charge in [-0.05, 0) is 68.5 Å². The maximum Gasteiger partial charge on any atom is 0.119 e. The summed E-state index contributed by atoms with van der Waals surface area (Å²) in [4.78, 5) is 0. The van der Waals surface area contributed by atoms with Crippen LogP contribution in [0.15, 0.2) is 53.0 Å². The summed E-state index contributed by atoms with van der Waals surface area (Å²) < 4.78 is 6.99. The van der Waals surface area contributed by atoms with Crippen LogP contribution in [-0.4, -0.2) is 13.1 Å². The predicted molar refractivity (Wildman–Crippen MR) is 103 cm³/mol. The number of hydrogen-bond acceptors (Lipinski definition) is 2. The van der Waals surface area contributed by atoms with Crippen LogP contribution in [-0.2, 0) is 13.0 Å². The molecule has 2 nitrogen and oxygen atoms in total. The Balaban J connectivity index is 1.42. The molecule has 3 rings (SSSR count). The van der Waals surface area contributed by atoms with Gasteiger partial charge in [-0.1, -0.05) is 52.7 Å². The summed E-state index contributed by atoms with van der Waals surface area (Å²) in [5, 5.41) is 3.44. The average Bonchev–Trinajstić information content (AvgIpc) is 2.63. The number of hydrogen-bond donors (Lipinski definition) is 1. The quantitative estimate of drug-likeness (QED) is 0.690. The molecule has 1 aliphatic rings. The number of rotatable bonds is 7. The molecule has 1 aliphatic heterocycles. The van der Waals surface area contributed by atoms with E-state index in [1.54, 1.807) is 0 Å². The van der Waals surface area contributed by atoms with E-state index in [2.05, 4.69) is 51.6 Å². The van der Waals surface area contributed by atoms with Gasteiger partial charge in [-0.25, -0.2) is 0 Å². The monoisotopic (exact) mass is 387 g/mol. The summed E-state index contributed by atoms with van der Waals surface area (Å²) in [5.41, 5.74) is 2.58. The van der Waals surface area contributed by atoms with Gasteiger partial charge < -0.3 is 10.1 Å². The van der Waals surface area contributed by atoms with Crippen molar-refractivity contribution in [2.45, 2.75) is 38.7 Å². The molecular formula is C21H26BrNO. The third-order valence-corrected chi connectivity index (χ3v) is 5.59. The summed E-state index contributed by atoms with van der Waals surface area (Å²) in [5.74, 6) is 1.87. The minimum atomic E-state index is 0.594. The lowest BCUT2D eigenvalue weighted by Gasteiger charge is -2.22. The van der Waals surface area contributed by atoms with E-state index in [0.717, 1.165) is 16.1 Å². The van der Waals surface area contributed by atoms with Gasteiger partial charge in [-0.2, -0.15) is 0 Å². The van der Waals surface area contributed by atoms with Crippen molar-refractivity contribution >= 4 is 15.9 Å². The molecule has 0 radical (unpaired) electrons.